The molecule has 0 atom stereocenters. The quantitative estimate of drug-likeness (QED) is 0.391. The average Bonchev–Trinajstić information content (AvgIpc) is 2.96. The summed E-state index contributed by atoms with van der Waals surface area (Å²) in [5.41, 5.74) is 2.32. The molecule has 0 spiro atoms. The lowest BCUT2D eigenvalue weighted by atomic mass is 10.0. The zero-order chi connectivity index (χ0) is 21.0. The fourth-order valence-corrected chi connectivity index (χ4v) is 3.22. The first kappa shape index (κ1) is 20.4. The number of hydrogen-bond donors (Lipinski definition) is 0. The topological polar surface area (TPSA) is 55.8 Å². The van der Waals surface area contributed by atoms with Crippen molar-refractivity contribution in [2.75, 3.05) is 18.6 Å². The maximum atomic E-state index is 13.2. The zero-order valence-electron chi connectivity index (χ0n) is 16.1. The van der Waals surface area contributed by atoms with E-state index >= 15 is 0 Å². The standard InChI is InChI=1S/C23H20ClNO4/c1-4-12-29-19-7-5-6-16(13-19)14-20-21(23(27)28-3)15(2)25(22(20)26)18-10-8-17(24)9-11-18/h4-11,13-14H,1,12H2,2-3H3/b20-14-. The Kier molecular flexibility index (Phi) is 6.20. The van der Waals surface area contributed by atoms with Gasteiger partial charge in [0.2, 0.25) is 0 Å². The Bertz CT molecular complexity index is 1020. The highest BCUT2D eigenvalue weighted by Gasteiger charge is 2.37. The molecule has 1 aliphatic heterocycles. The molecule has 3 rings (SSSR count). The van der Waals surface area contributed by atoms with Crippen molar-refractivity contribution >= 4 is 35.2 Å². The third-order valence-electron chi connectivity index (χ3n) is 4.41. The van der Waals surface area contributed by atoms with E-state index in [0.29, 0.717) is 28.8 Å². The summed E-state index contributed by atoms with van der Waals surface area (Å²) in [5.74, 6) is -0.250. The summed E-state index contributed by atoms with van der Waals surface area (Å²) in [7, 11) is 1.29. The molecule has 0 aliphatic carbocycles. The Morgan fingerprint density at radius 3 is 2.59 bits per heavy atom. The summed E-state index contributed by atoms with van der Waals surface area (Å²) >= 11 is 5.96. The monoisotopic (exact) mass is 409 g/mol. The van der Waals surface area contributed by atoms with E-state index in [0.717, 1.165) is 5.56 Å². The Morgan fingerprint density at radius 2 is 1.93 bits per heavy atom. The molecule has 1 aliphatic rings. The van der Waals surface area contributed by atoms with Crippen LogP contribution in [0.4, 0.5) is 5.69 Å². The number of rotatable bonds is 6. The van der Waals surface area contributed by atoms with Gasteiger partial charge in [-0.25, -0.2) is 4.79 Å². The second kappa shape index (κ2) is 8.80. The van der Waals surface area contributed by atoms with E-state index in [1.807, 2.05) is 18.2 Å². The largest absolute Gasteiger partial charge is 0.490 e. The van der Waals surface area contributed by atoms with Crippen LogP contribution in [0.1, 0.15) is 12.5 Å². The number of benzene rings is 2. The second-order valence-electron chi connectivity index (χ2n) is 6.30. The van der Waals surface area contributed by atoms with Crippen LogP contribution in [0.15, 0.2) is 78.0 Å². The molecular formula is C23H20ClNO4. The van der Waals surface area contributed by atoms with Gasteiger partial charge in [-0.15, -0.1) is 0 Å². The van der Waals surface area contributed by atoms with Gasteiger partial charge in [0.25, 0.3) is 5.91 Å². The van der Waals surface area contributed by atoms with Crippen molar-refractivity contribution in [3.05, 3.63) is 88.6 Å². The van der Waals surface area contributed by atoms with Gasteiger partial charge < -0.3 is 9.47 Å². The lowest BCUT2D eigenvalue weighted by Crippen LogP contribution is -2.24. The van der Waals surface area contributed by atoms with Crippen LogP contribution in [0.3, 0.4) is 0 Å². The van der Waals surface area contributed by atoms with Gasteiger partial charge in [-0.2, -0.15) is 0 Å². The van der Waals surface area contributed by atoms with E-state index in [4.69, 9.17) is 21.1 Å². The summed E-state index contributed by atoms with van der Waals surface area (Å²) in [6, 6.07) is 14.1. The molecular weight excluding hydrogens is 390 g/mol. The van der Waals surface area contributed by atoms with Crippen LogP contribution in [0, 0.1) is 0 Å². The summed E-state index contributed by atoms with van der Waals surface area (Å²) < 4.78 is 10.5. The normalized spacial score (nSPS) is 15.1. The predicted octanol–water partition coefficient (Wildman–Crippen LogP) is 4.78. The molecule has 0 aromatic heterocycles. The van der Waals surface area contributed by atoms with E-state index in [1.165, 1.54) is 12.0 Å². The molecule has 6 heteroatoms. The number of nitrogens with zero attached hydrogens (tertiary/aromatic N) is 1. The molecule has 0 saturated heterocycles. The number of allylic oxidation sites excluding steroid dienone is 1. The van der Waals surface area contributed by atoms with Crippen molar-refractivity contribution in [1.29, 1.82) is 0 Å². The first-order chi connectivity index (χ1) is 14.0. The first-order valence-corrected chi connectivity index (χ1v) is 9.29. The minimum atomic E-state index is -0.572. The summed E-state index contributed by atoms with van der Waals surface area (Å²) in [6.45, 7) is 5.71. The van der Waals surface area contributed by atoms with Crippen LogP contribution >= 0.6 is 11.6 Å². The van der Waals surface area contributed by atoms with Crippen LogP contribution in [-0.4, -0.2) is 25.6 Å². The summed E-state index contributed by atoms with van der Waals surface area (Å²) in [5, 5.41) is 0.558. The molecule has 5 nitrogen and oxygen atoms in total. The Hall–Kier alpha value is -3.31. The fourth-order valence-electron chi connectivity index (χ4n) is 3.10. The second-order valence-corrected chi connectivity index (χ2v) is 6.74. The number of halogens is 1. The third-order valence-corrected chi connectivity index (χ3v) is 4.66. The van der Waals surface area contributed by atoms with Crippen LogP contribution in [-0.2, 0) is 14.3 Å². The molecule has 29 heavy (non-hydrogen) atoms. The highest BCUT2D eigenvalue weighted by atomic mass is 35.5. The smallest absolute Gasteiger partial charge is 0.340 e. The van der Waals surface area contributed by atoms with Crippen molar-refractivity contribution in [2.45, 2.75) is 6.92 Å². The van der Waals surface area contributed by atoms with Gasteiger partial charge in [0.1, 0.15) is 12.4 Å². The van der Waals surface area contributed by atoms with Gasteiger partial charge in [0.15, 0.2) is 0 Å². The minimum Gasteiger partial charge on any atom is -0.490 e. The molecule has 0 radical (unpaired) electrons. The van der Waals surface area contributed by atoms with Crippen molar-refractivity contribution in [2.24, 2.45) is 0 Å². The van der Waals surface area contributed by atoms with Crippen LogP contribution in [0.2, 0.25) is 5.02 Å². The number of carbonyl (C=O) groups excluding carboxylic acids is 2. The lowest BCUT2D eigenvalue weighted by molar-refractivity contribution is -0.136. The maximum Gasteiger partial charge on any atom is 0.340 e. The van der Waals surface area contributed by atoms with E-state index in [-0.39, 0.29) is 17.1 Å². The molecule has 0 bridgehead atoms. The molecule has 0 fully saturated rings. The molecule has 0 unspecified atom stereocenters. The molecule has 0 N–H and O–H groups in total. The number of amides is 1. The van der Waals surface area contributed by atoms with E-state index in [9.17, 15) is 9.59 Å². The van der Waals surface area contributed by atoms with Crippen molar-refractivity contribution in [3.8, 4) is 5.75 Å². The summed E-state index contributed by atoms with van der Waals surface area (Å²) in [4.78, 5) is 27.2. The van der Waals surface area contributed by atoms with E-state index in [2.05, 4.69) is 6.58 Å². The number of anilines is 1. The Morgan fingerprint density at radius 1 is 1.21 bits per heavy atom. The van der Waals surface area contributed by atoms with Gasteiger partial charge in [-0.3, -0.25) is 9.69 Å². The van der Waals surface area contributed by atoms with Gasteiger partial charge >= 0.3 is 5.97 Å². The van der Waals surface area contributed by atoms with Crippen LogP contribution < -0.4 is 9.64 Å². The van der Waals surface area contributed by atoms with Crippen molar-refractivity contribution < 1.29 is 19.1 Å². The molecule has 148 valence electrons. The molecule has 1 amide bonds. The molecule has 2 aromatic carbocycles. The van der Waals surface area contributed by atoms with Crippen molar-refractivity contribution in [1.82, 2.24) is 0 Å². The number of esters is 1. The van der Waals surface area contributed by atoms with Gasteiger partial charge in [0, 0.05) is 16.4 Å². The fraction of sp³-hybridized carbons (Fsp3) is 0.130. The number of carbonyl (C=O) groups is 2. The highest BCUT2D eigenvalue weighted by molar-refractivity contribution is 6.30. The minimum absolute atomic E-state index is 0.227. The van der Waals surface area contributed by atoms with Gasteiger partial charge in [-0.1, -0.05) is 36.4 Å². The molecule has 0 saturated carbocycles. The maximum absolute atomic E-state index is 13.2. The van der Waals surface area contributed by atoms with Crippen LogP contribution in [0.25, 0.3) is 6.08 Å². The van der Waals surface area contributed by atoms with Gasteiger partial charge in [-0.05, 0) is 55.0 Å². The van der Waals surface area contributed by atoms with E-state index in [1.54, 1.807) is 49.4 Å². The van der Waals surface area contributed by atoms with Crippen LogP contribution in [0.5, 0.6) is 5.75 Å². The molecule has 2 aromatic rings. The average molecular weight is 410 g/mol. The lowest BCUT2D eigenvalue weighted by Gasteiger charge is -2.17. The predicted molar refractivity (Wildman–Crippen MR) is 114 cm³/mol. The Balaban J connectivity index is 2.06. The van der Waals surface area contributed by atoms with E-state index < -0.39 is 5.97 Å². The van der Waals surface area contributed by atoms with Gasteiger partial charge in [0.05, 0.1) is 18.3 Å². The number of hydrogen-bond acceptors (Lipinski definition) is 4. The highest BCUT2D eigenvalue weighted by Crippen LogP contribution is 2.36. The first-order valence-electron chi connectivity index (χ1n) is 8.91. The van der Waals surface area contributed by atoms with Crippen molar-refractivity contribution in [3.63, 3.8) is 0 Å². The third kappa shape index (κ3) is 4.25. The molecule has 1 heterocycles. The number of methoxy groups -OCH3 is 1. The SMILES string of the molecule is C=CCOc1cccc(/C=C2\C(=O)N(c3ccc(Cl)cc3)C(C)=C2C(=O)OC)c1. The number of ether oxygens (including phenoxy) is 2. The zero-order valence-corrected chi connectivity index (χ0v) is 16.9. The Labute approximate surface area is 174 Å². The summed E-state index contributed by atoms with van der Waals surface area (Å²) in [6.07, 6.45) is 3.31.